The molecule has 0 radical (unpaired) electrons. The van der Waals surface area contributed by atoms with Gasteiger partial charge in [0.25, 0.3) is 0 Å². The molecule has 21 heavy (non-hydrogen) atoms. The van der Waals surface area contributed by atoms with E-state index in [0.29, 0.717) is 6.61 Å². The van der Waals surface area contributed by atoms with Crippen LogP contribution in [0.3, 0.4) is 0 Å². The molecule has 0 bridgehead atoms. The van der Waals surface area contributed by atoms with Crippen LogP contribution < -0.4 is 15.2 Å². The van der Waals surface area contributed by atoms with Crippen molar-refractivity contribution in [1.29, 1.82) is 0 Å². The van der Waals surface area contributed by atoms with Crippen molar-refractivity contribution in [3.05, 3.63) is 59.2 Å². The van der Waals surface area contributed by atoms with E-state index in [1.165, 1.54) is 11.1 Å². The molecule has 3 nitrogen and oxygen atoms in total. The van der Waals surface area contributed by atoms with Gasteiger partial charge in [-0.3, -0.25) is 0 Å². The smallest absolute Gasteiger partial charge is 0.137 e. The van der Waals surface area contributed by atoms with Gasteiger partial charge in [0.2, 0.25) is 0 Å². The Labute approximate surface area is 125 Å². The summed E-state index contributed by atoms with van der Waals surface area (Å²) in [6.07, 6.45) is 0.991. The van der Waals surface area contributed by atoms with Crippen molar-refractivity contribution in [2.75, 3.05) is 6.61 Å². The van der Waals surface area contributed by atoms with Crippen molar-refractivity contribution in [1.82, 2.24) is 0 Å². The van der Waals surface area contributed by atoms with Gasteiger partial charge in [-0.1, -0.05) is 29.8 Å². The highest BCUT2D eigenvalue weighted by Crippen LogP contribution is 2.30. The Hall–Kier alpha value is -2.00. The molecule has 0 aliphatic carbocycles. The molecule has 2 N–H and O–H groups in total. The molecule has 2 aromatic carbocycles. The predicted octanol–water partition coefficient (Wildman–Crippen LogP) is 3.40. The molecule has 1 aliphatic heterocycles. The molecule has 0 amide bonds. The van der Waals surface area contributed by atoms with Crippen LogP contribution >= 0.6 is 0 Å². The fourth-order valence-electron chi connectivity index (χ4n) is 2.62. The van der Waals surface area contributed by atoms with Gasteiger partial charge in [-0.15, -0.1) is 0 Å². The first-order chi connectivity index (χ1) is 10.1. The summed E-state index contributed by atoms with van der Waals surface area (Å²) < 4.78 is 11.8. The van der Waals surface area contributed by atoms with Crippen LogP contribution in [-0.4, -0.2) is 12.7 Å². The van der Waals surface area contributed by atoms with Gasteiger partial charge in [-0.2, -0.15) is 0 Å². The molecule has 3 heteroatoms. The first-order valence-electron chi connectivity index (χ1n) is 7.36. The molecule has 1 aliphatic rings. The van der Waals surface area contributed by atoms with Gasteiger partial charge in [0.05, 0.1) is 0 Å². The number of hydrogen-bond acceptors (Lipinski definition) is 3. The third-order valence-electron chi connectivity index (χ3n) is 3.78. The summed E-state index contributed by atoms with van der Waals surface area (Å²) in [5, 5.41) is 0. The standard InChI is InChI=1S/C18H21NO2/c1-12-6-7-18-15(8-12)10-17(21-18)11-20-16-5-3-4-14(9-16)13(2)19/h3-9,13,17H,10-11,19H2,1-2H3. The van der Waals surface area contributed by atoms with E-state index in [0.717, 1.165) is 23.5 Å². The predicted molar refractivity (Wildman–Crippen MR) is 83.8 cm³/mol. The number of fused-ring (bicyclic) bond motifs is 1. The molecule has 0 saturated carbocycles. The van der Waals surface area contributed by atoms with Gasteiger partial charge in [-0.25, -0.2) is 0 Å². The van der Waals surface area contributed by atoms with E-state index < -0.39 is 0 Å². The number of hydrogen-bond donors (Lipinski definition) is 1. The van der Waals surface area contributed by atoms with Crippen LogP contribution in [0.1, 0.15) is 29.7 Å². The van der Waals surface area contributed by atoms with E-state index in [-0.39, 0.29) is 12.1 Å². The topological polar surface area (TPSA) is 44.5 Å². The minimum atomic E-state index is 0.0171. The maximum atomic E-state index is 5.91. The average molecular weight is 283 g/mol. The third-order valence-corrected chi connectivity index (χ3v) is 3.78. The number of benzene rings is 2. The quantitative estimate of drug-likeness (QED) is 0.935. The first-order valence-corrected chi connectivity index (χ1v) is 7.36. The fraction of sp³-hybridized carbons (Fsp3) is 0.333. The summed E-state index contributed by atoms with van der Waals surface area (Å²) >= 11 is 0. The zero-order valence-corrected chi connectivity index (χ0v) is 12.5. The number of rotatable bonds is 4. The number of ether oxygens (including phenoxy) is 2. The van der Waals surface area contributed by atoms with E-state index in [1.54, 1.807) is 0 Å². The summed E-state index contributed by atoms with van der Waals surface area (Å²) in [5.74, 6) is 1.83. The summed E-state index contributed by atoms with van der Waals surface area (Å²) in [5.41, 5.74) is 9.51. The minimum absolute atomic E-state index is 0.0171. The Morgan fingerprint density at radius 3 is 2.95 bits per heavy atom. The fourth-order valence-corrected chi connectivity index (χ4v) is 2.62. The number of aryl methyl sites for hydroxylation is 1. The zero-order valence-electron chi connectivity index (χ0n) is 12.5. The van der Waals surface area contributed by atoms with Crippen LogP contribution in [0, 0.1) is 6.92 Å². The molecular formula is C18H21NO2. The van der Waals surface area contributed by atoms with Crippen LogP contribution in [0.5, 0.6) is 11.5 Å². The van der Waals surface area contributed by atoms with Crippen molar-refractivity contribution in [2.24, 2.45) is 5.73 Å². The molecule has 0 spiro atoms. The van der Waals surface area contributed by atoms with Crippen molar-refractivity contribution in [3.8, 4) is 11.5 Å². The molecule has 0 saturated heterocycles. The Kier molecular flexibility index (Phi) is 3.84. The maximum absolute atomic E-state index is 5.91. The van der Waals surface area contributed by atoms with Crippen molar-refractivity contribution in [3.63, 3.8) is 0 Å². The summed E-state index contributed by atoms with van der Waals surface area (Å²) in [6.45, 7) is 4.62. The second-order valence-electron chi connectivity index (χ2n) is 5.73. The third kappa shape index (κ3) is 3.19. The highest BCUT2D eigenvalue weighted by Gasteiger charge is 2.23. The van der Waals surface area contributed by atoms with E-state index >= 15 is 0 Å². The van der Waals surface area contributed by atoms with Gasteiger partial charge in [-0.05, 0) is 43.2 Å². The second kappa shape index (κ2) is 5.78. The van der Waals surface area contributed by atoms with E-state index in [4.69, 9.17) is 15.2 Å². The molecular weight excluding hydrogens is 262 g/mol. The summed E-state index contributed by atoms with van der Waals surface area (Å²) in [4.78, 5) is 0. The monoisotopic (exact) mass is 283 g/mol. The van der Waals surface area contributed by atoms with E-state index in [2.05, 4.69) is 19.1 Å². The van der Waals surface area contributed by atoms with Crippen LogP contribution in [0.15, 0.2) is 42.5 Å². The van der Waals surface area contributed by atoms with Crippen LogP contribution in [0.4, 0.5) is 0 Å². The first kappa shape index (κ1) is 14.0. The van der Waals surface area contributed by atoms with Crippen LogP contribution in [-0.2, 0) is 6.42 Å². The largest absolute Gasteiger partial charge is 0.490 e. The molecule has 3 rings (SSSR count). The van der Waals surface area contributed by atoms with Gasteiger partial charge < -0.3 is 15.2 Å². The lowest BCUT2D eigenvalue weighted by molar-refractivity contribution is 0.148. The van der Waals surface area contributed by atoms with Crippen molar-refractivity contribution >= 4 is 0 Å². The molecule has 110 valence electrons. The highest BCUT2D eigenvalue weighted by atomic mass is 16.5. The van der Waals surface area contributed by atoms with Gasteiger partial charge in [0.1, 0.15) is 24.2 Å². The Morgan fingerprint density at radius 1 is 1.29 bits per heavy atom. The summed E-state index contributed by atoms with van der Waals surface area (Å²) in [7, 11) is 0. The molecule has 1 heterocycles. The number of nitrogens with two attached hydrogens (primary N) is 1. The Morgan fingerprint density at radius 2 is 2.14 bits per heavy atom. The highest BCUT2D eigenvalue weighted by molar-refractivity contribution is 5.40. The van der Waals surface area contributed by atoms with Crippen molar-refractivity contribution < 1.29 is 9.47 Å². The SMILES string of the molecule is Cc1ccc2c(c1)CC(COc1cccc(C(C)N)c1)O2. The molecule has 0 fully saturated rings. The van der Waals surface area contributed by atoms with Crippen LogP contribution in [0.25, 0.3) is 0 Å². The van der Waals surface area contributed by atoms with Crippen molar-refractivity contribution in [2.45, 2.75) is 32.4 Å². The van der Waals surface area contributed by atoms with E-state index in [1.807, 2.05) is 37.3 Å². The Bertz CT molecular complexity index is 637. The zero-order chi connectivity index (χ0) is 14.8. The lowest BCUT2D eigenvalue weighted by Gasteiger charge is -2.14. The lowest BCUT2D eigenvalue weighted by atomic mass is 10.1. The second-order valence-corrected chi connectivity index (χ2v) is 5.73. The molecule has 2 unspecified atom stereocenters. The normalized spacial score (nSPS) is 18.0. The maximum Gasteiger partial charge on any atom is 0.137 e. The molecule has 2 aromatic rings. The Balaban J connectivity index is 1.61. The summed E-state index contributed by atoms with van der Waals surface area (Å²) in [6, 6.07) is 14.3. The van der Waals surface area contributed by atoms with E-state index in [9.17, 15) is 0 Å². The molecule has 0 aromatic heterocycles. The average Bonchev–Trinajstić information content (AvgIpc) is 2.87. The van der Waals surface area contributed by atoms with Crippen LogP contribution in [0.2, 0.25) is 0 Å². The van der Waals surface area contributed by atoms with Gasteiger partial charge in [0.15, 0.2) is 0 Å². The van der Waals surface area contributed by atoms with Gasteiger partial charge >= 0.3 is 0 Å². The lowest BCUT2D eigenvalue weighted by Crippen LogP contribution is -2.22. The minimum Gasteiger partial charge on any atom is -0.490 e. The molecule has 2 atom stereocenters. The van der Waals surface area contributed by atoms with Gasteiger partial charge in [0, 0.05) is 12.5 Å².